The molecule has 1 fully saturated rings. The van der Waals surface area contributed by atoms with E-state index in [1.807, 2.05) is 12.1 Å². The molecule has 2 aliphatic rings. The normalized spacial score (nSPS) is 22.5. The summed E-state index contributed by atoms with van der Waals surface area (Å²) in [6.07, 6.45) is 1.00. The zero-order valence-electron chi connectivity index (χ0n) is 23.8. The van der Waals surface area contributed by atoms with Gasteiger partial charge in [0.05, 0.1) is 0 Å². The van der Waals surface area contributed by atoms with Gasteiger partial charge in [0.25, 0.3) is 0 Å². The second-order valence-electron chi connectivity index (χ2n) is 13.7. The number of ether oxygens (including phenoxy) is 1. The molecule has 6 heteroatoms. The summed E-state index contributed by atoms with van der Waals surface area (Å²) in [5, 5.41) is 0.267. The Morgan fingerprint density at radius 2 is 1.31 bits per heavy atom. The predicted molar refractivity (Wildman–Crippen MR) is 152 cm³/mol. The molecule has 4 rings (SSSR count). The third-order valence-electron chi connectivity index (χ3n) is 9.02. The van der Waals surface area contributed by atoms with E-state index in [4.69, 9.17) is 13.6 Å². The number of rotatable bonds is 5. The lowest BCUT2D eigenvalue weighted by molar-refractivity contribution is -0.117. The molecule has 1 heterocycles. The van der Waals surface area contributed by atoms with Gasteiger partial charge >= 0.3 is 0 Å². The highest BCUT2D eigenvalue weighted by Gasteiger charge is 2.46. The van der Waals surface area contributed by atoms with E-state index >= 15 is 0 Å². The minimum Gasteiger partial charge on any atom is -0.544 e. The molecule has 0 amide bonds. The number of ketones is 1. The van der Waals surface area contributed by atoms with Gasteiger partial charge in [0.2, 0.25) is 16.6 Å². The quantitative estimate of drug-likeness (QED) is 0.367. The van der Waals surface area contributed by atoms with Crippen LogP contribution < -0.4 is 13.6 Å². The van der Waals surface area contributed by atoms with Gasteiger partial charge < -0.3 is 13.6 Å². The average molecular weight is 525 g/mol. The Labute approximate surface area is 220 Å². The monoisotopic (exact) mass is 524 g/mol. The molecule has 1 aliphatic carbocycles. The lowest BCUT2D eigenvalue weighted by Crippen LogP contribution is -2.43. The van der Waals surface area contributed by atoms with Crippen LogP contribution in [0, 0.1) is 5.92 Å². The number of fused-ring (bicyclic) bond motifs is 3. The maximum atomic E-state index is 12.7. The van der Waals surface area contributed by atoms with Crippen LogP contribution in [-0.2, 0) is 4.79 Å². The van der Waals surface area contributed by atoms with E-state index in [1.54, 1.807) is 0 Å². The van der Waals surface area contributed by atoms with Gasteiger partial charge in [-0.05, 0) is 72.2 Å². The molecule has 0 bridgehead atoms. The minimum absolute atomic E-state index is 0.122. The van der Waals surface area contributed by atoms with Crippen LogP contribution in [0.15, 0.2) is 42.5 Å². The predicted octanol–water partition coefficient (Wildman–Crippen LogP) is 8.65. The summed E-state index contributed by atoms with van der Waals surface area (Å²) in [5.74, 6) is 3.30. The van der Waals surface area contributed by atoms with E-state index in [0.717, 1.165) is 28.4 Å². The highest BCUT2D eigenvalue weighted by Crippen LogP contribution is 2.54. The van der Waals surface area contributed by atoms with Crippen LogP contribution in [0.4, 0.5) is 0 Å². The van der Waals surface area contributed by atoms with Crippen molar-refractivity contribution < 1.29 is 18.4 Å². The van der Waals surface area contributed by atoms with E-state index < -0.39 is 16.6 Å². The zero-order valence-corrected chi connectivity index (χ0v) is 25.8. The van der Waals surface area contributed by atoms with Crippen molar-refractivity contribution >= 4 is 22.4 Å². The molecule has 2 aromatic rings. The zero-order chi connectivity index (χ0) is 26.7. The van der Waals surface area contributed by atoms with Crippen LogP contribution in [-0.4, -0.2) is 22.4 Å². The summed E-state index contributed by atoms with van der Waals surface area (Å²) in [4.78, 5) is 12.7. The number of hydrogen-bond donors (Lipinski definition) is 0. The van der Waals surface area contributed by atoms with Gasteiger partial charge in [-0.25, -0.2) is 0 Å². The number of Topliss-reactive ketones (excluding diaryl/α,β-unsaturated/α-hetero) is 1. The van der Waals surface area contributed by atoms with Crippen molar-refractivity contribution in [1.82, 2.24) is 0 Å². The third-order valence-corrected chi connectivity index (χ3v) is 17.7. The minimum atomic E-state index is -1.96. The largest absolute Gasteiger partial charge is 0.544 e. The molecule has 3 atom stereocenters. The topological polar surface area (TPSA) is 44.8 Å². The standard InChI is InChI=1S/C30H44O4Si2/c1-29(2,3)35(7,8)33-22-13-11-20(12-14-22)28-26-18-21(31)17-24(26)25-19-23(15-16-27(25)32-28)34-36(9,10)30(4,5)6/h11-16,19,24,26,28H,17-18H2,1-10H3. The Balaban J connectivity index is 1.60. The summed E-state index contributed by atoms with van der Waals surface area (Å²) in [5.41, 5.74) is 2.23. The van der Waals surface area contributed by atoms with Crippen molar-refractivity contribution in [1.29, 1.82) is 0 Å². The molecule has 0 N–H and O–H groups in total. The first-order chi connectivity index (χ1) is 16.5. The van der Waals surface area contributed by atoms with Crippen LogP contribution in [0.5, 0.6) is 17.2 Å². The highest BCUT2D eigenvalue weighted by atomic mass is 28.4. The molecule has 1 saturated carbocycles. The van der Waals surface area contributed by atoms with E-state index in [2.05, 4.69) is 98.1 Å². The first kappa shape index (κ1) is 27.0. The van der Waals surface area contributed by atoms with Crippen molar-refractivity contribution in [3.8, 4) is 17.2 Å². The molecule has 0 saturated heterocycles. The molecular formula is C30H44O4Si2. The Morgan fingerprint density at radius 3 is 1.86 bits per heavy atom. The third kappa shape index (κ3) is 5.17. The molecule has 196 valence electrons. The van der Waals surface area contributed by atoms with Crippen molar-refractivity contribution in [3.05, 3.63) is 53.6 Å². The van der Waals surface area contributed by atoms with E-state index in [1.165, 1.54) is 0 Å². The smallest absolute Gasteiger partial charge is 0.250 e. The van der Waals surface area contributed by atoms with Gasteiger partial charge in [-0.3, -0.25) is 4.79 Å². The van der Waals surface area contributed by atoms with E-state index in [9.17, 15) is 4.79 Å². The average Bonchev–Trinajstić information content (AvgIpc) is 3.13. The fourth-order valence-electron chi connectivity index (χ4n) is 4.69. The Hall–Kier alpha value is -2.06. The van der Waals surface area contributed by atoms with Gasteiger partial charge in [0.1, 0.15) is 29.1 Å². The van der Waals surface area contributed by atoms with Crippen LogP contribution in [0.25, 0.3) is 0 Å². The van der Waals surface area contributed by atoms with Crippen molar-refractivity contribution in [2.45, 2.75) is 103 Å². The highest BCUT2D eigenvalue weighted by molar-refractivity contribution is 6.75. The second-order valence-corrected chi connectivity index (χ2v) is 23.2. The van der Waals surface area contributed by atoms with Crippen molar-refractivity contribution in [2.24, 2.45) is 5.92 Å². The number of benzene rings is 2. The van der Waals surface area contributed by atoms with Crippen LogP contribution >= 0.6 is 0 Å². The van der Waals surface area contributed by atoms with E-state index in [0.29, 0.717) is 18.6 Å². The number of carbonyl (C=O) groups is 1. The molecule has 2 aromatic carbocycles. The Bertz CT molecular complexity index is 1120. The molecule has 0 spiro atoms. The first-order valence-corrected chi connectivity index (χ1v) is 19.1. The molecule has 0 radical (unpaired) electrons. The SMILES string of the molecule is CC(C)(C)[Si](C)(C)Oc1ccc(C2Oc3ccc(O[Si](C)(C)C(C)(C)C)cc3C3CC(=O)CC32)cc1. The molecular weight excluding hydrogens is 480 g/mol. The number of carbonyl (C=O) groups excluding carboxylic acids is 1. The fraction of sp³-hybridized carbons (Fsp3) is 0.567. The first-order valence-electron chi connectivity index (χ1n) is 13.3. The molecule has 1 aliphatic heterocycles. The van der Waals surface area contributed by atoms with Crippen LogP contribution in [0.1, 0.15) is 77.5 Å². The molecule has 36 heavy (non-hydrogen) atoms. The summed E-state index contributed by atoms with van der Waals surface area (Å²) in [6.45, 7) is 22.6. The van der Waals surface area contributed by atoms with Gasteiger partial charge in [0, 0.05) is 30.2 Å². The van der Waals surface area contributed by atoms with Crippen molar-refractivity contribution in [2.75, 3.05) is 0 Å². The Morgan fingerprint density at radius 1 is 0.778 bits per heavy atom. The second kappa shape index (κ2) is 9.05. The van der Waals surface area contributed by atoms with Crippen LogP contribution in [0.2, 0.25) is 36.3 Å². The fourth-order valence-corrected chi connectivity index (χ4v) is 6.75. The lowest BCUT2D eigenvalue weighted by Gasteiger charge is -2.38. The van der Waals surface area contributed by atoms with Crippen LogP contribution in [0.3, 0.4) is 0 Å². The maximum absolute atomic E-state index is 12.7. The Kier molecular flexibility index (Phi) is 6.79. The number of hydrogen-bond acceptors (Lipinski definition) is 4. The van der Waals surface area contributed by atoms with E-state index in [-0.39, 0.29) is 28.0 Å². The van der Waals surface area contributed by atoms with Gasteiger partial charge in [0.15, 0.2) is 0 Å². The molecule has 4 nitrogen and oxygen atoms in total. The summed E-state index contributed by atoms with van der Waals surface area (Å²) < 4.78 is 19.7. The summed E-state index contributed by atoms with van der Waals surface area (Å²) in [6, 6.07) is 14.6. The molecule has 0 aromatic heterocycles. The van der Waals surface area contributed by atoms with Crippen molar-refractivity contribution in [3.63, 3.8) is 0 Å². The summed E-state index contributed by atoms with van der Waals surface area (Å²) >= 11 is 0. The lowest BCUT2D eigenvalue weighted by atomic mass is 9.80. The summed E-state index contributed by atoms with van der Waals surface area (Å²) in [7, 11) is -3.86. The van der Waals surface area contributed by atoms with Gasteiger partial charge in [-0.1, -0.05) is 53.7 Å². The van der Waals surface area contributed by atoms with Gasteiger partial charge in [-0.15, -0.1) is 0 Å². The van der Waals surface area contributed by atoms with Gasteiger partial charge in [-0.2, -0.15) is 0 Å². The maximum Gasteiger partial charge on any atom is 0.250 e. The molecule has 3 unspecified atom stereocenters.